The second-order valence-corrected chi connectivity index (χ2v) is 8.06. The smallest absolute Gasteiger partial charge is 0.0653 e. The van der Waals surface area contributed by atoms with Crippen LogP contribution in [-0.4, -0.2) is 10.7 Å². The van der Waals surface area contributed by atoms with Crippen LogP contribution in [0.25, 0.3) is 0 Å². The Labute approximate surface area is 111 Å². The van der Waals surface area contributed by atoms with Gasteiger partial charge in [0.25, 0.3) is 0 Å². The minimum Gasteiger partial charge on any atom is -0.390 e. The second kappa shape index (κ2) is 4.23. The van der Waals surface area contributed by atoms with Crippen LogP contribution in [0.1, 0.15) is 70.6 Å². The summed E-state index contributed by atoms with van der Waals surface area (Å²) in [7, 11) is 0. The minimum absolute atomic E-state index is 0.263. The van der Waals surface area contributed by atoms with Crippen LogP contribution in [0.15, 0.2) is 0 Å². The summed E-state index contributed by atoms with van der Waals surface area (Å²) in [6, 6.07) is 0. The summed E-state index contributed by atoms with van der Waals surface area (Å²) in [5.41, 5.74) is -0.263. The molecule has 4 aliphatic rings. The third-order valence-corrected chi connectivity index (χ3v) is 6.67. The van der Waals surface area contributed by atoms with Crippen LogP contribution in [0.5, 0.6) is 0 Å². The molecule has 0 amide bonds. The van der Waals surface area contributed by atoms with E-state index in [9.17, 15) is 5.11 Å². The Hall–Kier alpha value is -0.0400. The number of rotatable bonds is 3. The highest BCUT2D eigenvalue weighted by Crippen LogP contribution is 2.54. The third-order valence-electron chi connectivity index (χ3n) is 6.67. The fourth-order valence-corrected chi connectivity index (χ4v) is 5.66. The number of hydrogen-bond donors (Lipinski definition) is 1. The maximum absolute atomic E-state index is 11.0. The zero-order chi connectivity index (χ0) is 12.2. The first-order chi connectivity index (χ1) is 8.72. The van der Waals surface area contributed by atoms with Gasteiger partial charge in [0.05, 0.1) is 5.60 Å². The van der Waals surface area contributed by atoms with Gasteiger partial charge in [0.1, 0.15) is 0 Å². The van der Waals surface area contributed by atoms with Gasteiger partial charge in [0.2, 0.25) is 0 Å². The van der Waals surface area contributed by atoms with Gasteiger partial charge in [0, 0.05) is 0 Å². The molecule has 0 radical (unpaired) electrons. The Balaban J connectivity index is 1.39. The molecule has 4 fully saturated rings. The van der Waals surface area contributed by atoms with Gasteiger partial charge in [-0.1, -0.05) is 12.8 Å². The van der Waals surface area contributed by atoms with Crippen LogP contribution < -0.4 is 0 Å². The number of fused-ring (bicyclic) bond motifs is 2. The molecule has 0 aromatic rings. The molecule has 0 aliphatic heterocycles. The first-order valence-corrected chi connectivity index (χ1v) is 8.44. The molecule has 0 spiro atoms. The normalized spacial score (nSPS) is 51.8. The van der Waals surface area contributed by atoms with Crippen molar-refractivity contribution in [2.24, 2.45) is 29.6 Å². The number of hydrogen-bond acceptors (Lipinski definition) is 1. The first-order valence-electron chi connectivity index (χ1n) is 8.44. The molecule has 18 heavy (non-hydrogen) atoms. The zero-order valence-corrected chi connectivity index (χ0v) is 11.6. The summed E-state index contributed by atoms with van der Waals surface area (Å²) in [5.74, 6) is 4.78. The second-order valence-electron chi connectivity index (χ2n) is 8.06. The van der Waals surface area contributed by atoms with Crippen molar-refractivity contribution in [2.45, 2.75) is 76.2 Å². The highest BCUT2D eigenvalue weighted by Gasteiger charge is 2.46. The fraction of sp³-hybridized carbons (Fsp3) is 1.00. The van der Waals surface area contributed by atoms with Crippen LogP contribution in [0.3, 0.4) is 0 Å². The average Bonchev–Trinajstić information content (AvgIpc) is 3.00. The first kappa shape index (κ1) is 11.8. The summed E-state index contributed by atoms with van der Waals surface area (Å²) >= 11 is 0. The Bertz CT molecular complexity index is 322. The molecule has 1 N–H and O–H groups in total. The van der Waals surface area contributed by atoms with Crippen LogP contribution in [-0.2, 0) is 0 Å². The lowest BCUT2D eigenvalue weighted by Crippen LogP contribution is -2.38. The van der Waals surface area contributed by atoms with Crippen LogP contribution in [0, 0.1) is 29.6 Å². The lowest BCUT2D eigenvalue weighted by molar-refractivity contribution is -0.0444. The van der Waals surface area contributed by atoms with Crippen molar-refractivity contribution >= 4 is 0 Å². The van der Waals surface area contributed by atoms with Crippen molar-refractivity contribution in [3.8, 4) is 0 Å². The van der Waals surface area contributed by atoms with Crippen molar-refractivity contribution in [3.05, 3.63) is 0 Å². The lowest BCUT2D eigenvalue weighted by atomic mass is 9.70. The predicted octanol–water partition coefficient (Wildman–Crippen LogP) is 4.14. The fourth-order valence-electron chi connectivity index (χ4n) is 5.66. The SMILES string of the molecule is OC1(CC2CC3CCC2C3)CCCC(C2CC2)C1. The van der Waals surface area contributed by atoms with Crippen LogP contribution in [0.2, 0.25) is 0 Å². The quantitative estimate of drug-likeness (QED) is 0.795. The standard InChI is InChI=1S/C17H28O/c18-17(7-1-2-15(10-17)13-5-6-13)11-16-9-12-3-4-14(16)8-12/h12-16,18H,1-11H2. The predicted molar refractivity (Wildman–Crippen MR) is 73.2 cm³/mol. The summed E-state index contributed by atoms with van der Waals surface area (Å²) < 4.78 is 0. The van der Waals surface area contributed by atoms with E-state index in [1.54, 1.807) is 0 Å². The van der Waals surface area contributed by atoms with Crippen LogP contribution in [0.4, 0.5) is 0 Å². The molecule has 4 aliphatic carbocycles. The molecule has 1 nitrogen and oxygen atoms in total. The topological polar surface area (TPSA) is 20.2 Å². The van der Waals surface area contributed by atoms with Gasteiger partial charge in [-0.15, -0.1) is 0 Å². The molecule has 0 aromatic heterocycles. The van der Waals surface area contributed by atoms with Crippen molar-refractivity contribution < 1.29 is 5.11 Å². The van der Waals surface area contributed by atoms with Gasteiger partial charge < -0.3 is 5.11 Å². The summed E-state index contributed by atoms with van der Waals surface area (Å²) in [6.45, 7) is 0. The van der Waals surface area contributed by atoms with E-state index in [-0.39, 0.29) is 5.60 Å². The van der Waals surface area contributed by atoms with Crippen LogP contribution >= 0.6 is 0 Å². The van der Waals surface area contributed by atoms with Gasteiger partial charge in [-0.05, 0) is 87.4 Å². The molecule has 5 unspecified atom stereocenters. The van der Waals surface area contributed by atoms with Gasteiger partial charge in [-0.2, -0.15) is 0 Å². The Morgan fingerprint density at radius 3 is 2.39 bits per heavy atom. The van der Waals surface area contributed by atoms with Gasteiger partial charge in [-0.3, -0.25) is 0 Å². The molecular weight excluding hydrogens is 220 g/mol. The summed E-state index contributed by atoms with van der Waals surface area (Å²) in [5, 5.41) is 11.0. The zero-order valence-electron chi connectivity index (χ0n) is 11.6. The number of aliphatic hydroxyl groups is 1. The van der Waals surface area contributed by atoms with E-state index in [0.29, 0.717) is 0 Å². The van der Waals surface area contributed by atoms with Crippen molar-refractivity contribution in [2.75, 3.05) is 0 Å². The molecule has 0 heterocycles. The maximum atomic E-state index is 11.0. The average molecular weight is 248 g/mol. The van der Waals surface area contributed by atoms with Gasteiger partial charge in [-0.25, -0.2) is 0 Å². The Morgan fingerprint density at radius 1 is 0.889 bits per heavy atom. The minimum atomic E-state index is -0.263. The van der Waals surface area contributed by atoms with E-state index in [1.807, 2.05) is 0 Å². The highest BCUT2D eigenvalue weighted by molar-refractivity contribution is 4.98. The molecule has 0 saturated heterocycles. The third kappa shape index (κ3) is 2.13. The largest absolute Gasteiger partial charge is 0.390 e. The van der Waals surface area contributed by atoms with E-state index in [1.165, 1.54) is 51.4 Å². The molecule has 0 aromatic carbocycles. The van der Waals surface area contributed by atoms with Crippen molar-refractivity contribution in [1.29, 1.82) is 0 Å². The molecule has 5 atom stereocenters. The molecule has 4 saturated carbocycles. The van der Waals surface area contributed by atoms with E-state index < -0.39 is 0 Å². The molecular formula is C17H28O. The van der Waals surface area contributed by atoms with Gasteiger partial charge in [0.15, 0.2) is 0 Å². The molecule has 4 rings (SSSR count). The van der Waals surface area contributed by atoms with E-state index in [2.05, 4.69) is 0 Å². The Kier molecular flexibility index (Phi) is 2.76. The van der Waals surface area contributed by atoms with E-state index in [4.69, 9.17) is 0 Å². The summed E-state index contributed by atoms with van der Waals surface area (Å²) in [4.78, 5) is 0. The Morgan fingerprint density at radius 2 is 1.72 bits per heavy atom. The monoisotopic (exact) mass is 248 g/mol. The highest BCUT2D eigenvalue weighted by atomic mass is 16.3. The van der Waals surface area contributed by atoms with E-state index >= 15 is 0 Å². The van der Waals surface area contributed by atoms with Gasteiger partial charge >= 0.3 is 0 Å². The molecule has 2 bridgehead atoms. The molecule has 1 heteroatoms. The molecule has 102 valence electrons. The maximum Gasteiger partial charge on any atom is 0.0653 e. The lowest BCUT2D eigenvalue weighted by Gasteiger charge is -2.40. The van der Waals surface area contributed by atoms with Crippen molar-refractivity contribution in [3.63, 3.8) is 0 Å². The van der Waals surface area contributed by atoms with E-state index in [0.717, 1.165) is 48.9 Å². The van der Waals surface area contributed by atoms with Crippen molar-refractivity contribution in [1.82, 2.24) is 0 Å². The summed E-state index contributed by atoms with van der Waals surface area (Å²) in [6.07, 6.45) is 14.9.